The summed E-state index contributed by atoms with van der Waals surface area (Å²) in [6, 6.07) is 0.350. The maximum Gasteiger partial charge on any atom is 0.309 e. The van der Waals surface area contributed by atoms with Crippen molar-refractivity contribution in [3.63, 3.8) is 0 Å². The van der Waals surface area contributed by atoms with Crippen LogP contribution in [0.4, 0.5) is 6.01 Å². The second-order valence-corrected chi connectivity index (χ2v) is 1.44. The van der Waals surface area contributed by atoms with Gasteiger partial charge >= 0.3 is 6.01 Å². The number of nitrogens with zero attached hydrogens (tertiary/aromatic N) is 1. The van der Waals surface area contributed by atoms with E-state index in [9.17, 15) is 0 Å². The fourth-order valence-corrected chi connectivity index (χ4v) is 0.420. The van der Waals surface area contributed by atoms with E-state index in [1.807, 2.05) is 6.92 Å². The molecular formula is C4H7N3O. The Morgan fingerprint density at radius 2 is 2.62 bits per heavy atom. The van der Waals surface area contributed by atoms with Crippen molar-refractivity contribution in [2.24, 2.45) is 5.84 Å². The normalized spacial score (nSPS) is 9.25. The van der Waals surface area contributed by atoms with Crippen LogP contribution in [-0.4, -0.2) is 4.98 Å². The van der Waals surface area contributed by atoms with Gasteiger partial charge in [-0.2, -0.15) is 4.98 Å². The SMILES string of the molecule is Cc1coc(NN)n1. The van der Waals surface area contributed by atoms with Gasteiger partial charge in [-0.3, -0.25) is 5.43 Å². The van der Waals surface area contributed by atoms with Gasteiger partial charge in [-0.1, -0.05) is 0 Å². The molecule has 0 atom stereocenters. The summed E-state index contributed by atoms with van der Waals surface area (Å²) in [4.78, 5) is 3.83. The van der Waals surface area contributed by atoms with Crippen LogP contribution in [0.2, 0.25) is 0 Å². The molecule has 8 heavy (non-hydrogen) atoms. The molecule has 0 saturated heterocycles. The second kappa shape index (κ2) is 1.83. The van der Waals surface area contributed by atoms with Gasteiger partial charge in [0.25, 0.3) is 0 Å². The molecular weight excluding hydrogens is 106 g/mol. The molecule has 4 heteroatoms. The summed E-state index contributed by atoms with van der Waals surface area (Å²) in [6.07, 6.45) is 1.52. The summed E-state index contributed by atoms with van der Waals surface area (Å²) in [5, 5.41) is 0. The van der Waals surface area contributed by atoms with E-state index in [1.54, 1.807) is 0 Å². The molecule has 1 heterocycles. The van der Waals surface area contributed by atoms with E-state index in [4.69, 9.17) is 10.3 Å². The Hall–Kier alpha value is -1.03. The zero-order chi connectivity index (χ0) is 5.98. The fourth-order valence-electron chi connectivity index (χ4n) is 0.420. The predicted octanol–water partition coefficient (Wildman–Crippen LogP) is 0.269. The third-order valence-corrected chi connectivity index (χ3v) is 0.742. The van der Waals surface area contributed by atoms with Crippen molar-refractivity contribution in [2.75, 3.05) is 5.43 Å². The fraction of sp³-hybridized carbons (Fsp3) is 0.250. The van der Waals surface area contributed by atoms with Gasteiger partial charge in [0.05, 0.1) is 5.69 Å². The van der Waals surface area contributed by atoms with Crippen molar-refractivity contribution >= 4 is 6.01 Å². The Morgan fingerprint density at radius 3 is 2.88 bits per heavy atom. The minimum Gasteiger partial charge on any atom is -0.431 e. The van der Waals surface area contributed by atoms with E-state index in [-0.39, 0.29) is 0 Å². The largest absolute Gasteiger partial charge is 0.431 e. The Balaban J connectivity index is 2.84. The van der Waals surface area contributed by atoms with E-state index in [2.05, 4.69) is 10.4 Å². The molecule has 0 aliphatic carbocycles. The zero-order valence-corrected chi connectivity index (χ0v) is 4.51. The number of anilines is 1. The van der Waals surface area contributed by atoms with Gasteiger partial charge < -0.3 is 4.42 Å². The van der Waals surface area contributed by atoms with Gasteiger partial charge in [0.2, 0.25) is 0 Å². The van der Waals surface area contributed by atoms with Crippen LogP contribution in [-0.2, 0) is 0 Å². The first kappa shape index (κ1) is 5.11. The predicted molar refractivity (Wildman–Crippen MR) is 29.1 cm³/mol. The van der Waals surface area contributed by atoms with Crippen LogP contribution in [0.1, 0.15) is 5.69 Å². The van der Waals surface area contributed by atoms with E-state index in [1.165, 1.54) is 6.26 Å². The van der Waals surface area contributed by atoms with Gasteiger partial charge in [-0.15, -0.1) is 0 Å². The molecule has 0 aromatic carbocycles. The molecule has 44 valence electrons. The monoisotopic (exact) mass is 113 g/mol. The summed E-state index contributed by atoms with van der Waals surface area (Å²) in [5.74, 6) is 4.96. The van der Waals surface area contributed by atoms with Crippen molar-refractivity contribution in [3.05, 3.63) is 12.0 Å². The van der Waals surface area contributed by atoms with Crippen molar-refractivity contribution in [1.82, 2.24) is 4.98 Å². The number of nitrogen functional groups attached to an aromatic ring is 1. The second-order valence-electron chi connectivity index (χ2n) is 1.44. The zero-order valence-electron chi connectivity index (χ0n) is 4.51. The Morgan fingerprint density at radius 1 is 1.88 bits per heavy atom. The molecule has 0 amide bonds. The number of hydrazine groups is 1. The Labute approximate surface area is 46.7 Å². The Bertz CT molecular complexity index is 172. The standard InChI is InChI=1S/C4H7N3O/c1-3-2-8-4(6-3)7-5/h2H,5H2,1H3,(H,6,7). The maximum absolute atomic E-state index is 4.96. The first-order chi connectivity index (χ1) is 3.83. The number of nitrogens with two attached hydrogens (primary N) is 1. The summed E-state index contributed by atoms with van der Waals surface area (Å²) in [7, 11) is 0. The third-order valence-electron chi connectivity index (χ3n) is 0.742. The van der Waals surface area contributed by atoms with Gasteiger partial charge in [0, 0.05) is 0 Å². The van der Waals surface area contributed by atoms with Gasteiger partial charge in [-0.05, 0) is 6.92 Å². The number of oxazole rings is 1. The highest BCUT2D eigenvalue weighted by molar-refractivity contribution is 5.17. The first-order valence-electron chi connectivity index (χ1n) is 2.21. The molecule has 4 nitrogen and oxygen atoms in total. The highest BCUT2D eigenvalue weighted by atomic mass is 16.4. The lowest BCUT2D eigenvalue weighted by molar-refractivity contribution is 0.571. The topological polar surface area (TPSA) is 64.1 Å². The third kappa shape index (κ3) is 0.788. The number of rotatable bonds is 1. The molecule has 1 aromatic heterocycles. The minimum absolute atomic E-state index is 0.350. The van der Waals surface area contributed by atoms with Crippen LogP contribution in [0.25, 0.3) is 0 Å². The van der Waals surface area contributed by atoms with Crippen molar-refractivity contribution in [1.29, 1.82) is 0 Å². The van der Waals surface area contributed by atoms with Crippen LogP contribution < -0.4 is 11.3 Å². The number of hydrogen-bond acceptors (Lipinski definition) is 4. The Kier molecular flexibility index (Phi) is 1.17. The van der Waals surface area contributed by atoms with Crippen molar-refractivity contribution in [3.8, 4) is 0 Å². The van der Waals surface area contributed by atoms with Crippen LogP contribution in [0.15, 0.2) is 10.7 Å². The smallest absolute Gasteiger partial charge is 0.309 e. The van der Waals surface area contributed by atoms with Crippen LogP contribution in [0.5, 0.6) is 0 Å². The highest BCUT2D eigenvalue weighted by Crippen LogP contribution is 2.02. The number of hydrogen-bond donors (Lipinski definition) is 2. The summed E-state index contributed by atoms with van der Waals surface area (Å²) in [6.45, 7) is 1.82. The van der Waals surface area contributed by atoms with E-state index in [0.717, 1.165) is 5.69 Å². The van der Waals surface area contributed by atoms with Crippen LogP contribution in [0, 0.1) is 6.92 Å². The summed E-state index contributed by atoms with van der Waals surface area (Å²) >= 11 is 0. The van der Waals surface area contributed by atoms with Gasteiger partial charge in [0.15, 0.2) is 0 Å². The van der Waals surface area contributed by atoms with E-state index in [0.29, 0.717) is 6.01 Å². The molecule has 0 fully saturated rings. The molecule has 0 saturated carbocycles. The molecule has 1 rings (SSSR count). The number of aryl methyl sites for hydroxylation is 1. The summed E-state index contributed by atoms with van der Waals surface area (Å²) < 4.78 is 4.77. The molecule has 0 radical (unpaired) electrons. The molecule has 0 spiro atoms. The van der Waals surface area contributed by atoms with Crippen LogP contribution in [0.3, 0.4) is 0 Å². The minimum atomic E-state index is 0.350. The van der Waals surface area contributed by atoms with E-state index >= 15 is 0 Å². The quantitative estimate of drug-likeness (QED) is 0.405. The van der Waals surface area contributed by atoms with Crippen molar-refractivity contribution in [2.45, 2.75) is 6.92 Å². The number of nitrogens with one attached hydrogen (secondary N) is 1. The van der Waals surface area contributed by atoms with Crippen LogP contribution >= 0.6 is 0 Å². The van der Waals surface area contributed by atoms with Crippen molar-refractivity contribution < 1.29 is 4.42 Å². The molecule has 0 bridgehead atoms. The lowest BCUT2D eigenvalue weighted by atomic mass is 10.6. The summed E-state index contributed by atoms with van der Waals surface area (Å²) in [5.41, 5.74) is 3.09. The van der Waals surface area contributed by atoms with E-state index < -0.39 is 0 Å². The molecule has 3 N–H and O–H groups in total. The molecule has 0 aliphatic rings. The molecule has 0 aliphatic heterocycles. The first-order valence-corrected chi connectivity index (χ1v) is 2.21. The lowest BCUT2D eigenvalue weighted by Gasteiger charge is -1.84. The van der Waals surface area contributed by atoms with Gasteiger partial charge in [-0.25, -0.2) is 5.84 Å². The average Bonchev–Trinajstić information content (AvgIpc) is 2.14. The van der Waals surface area contributed by atoms with Gasteiger partial charge in [0.1, 0.15) is 6.26 Å². The molecule has 1 aromatic rings. The average molecular weight is 113 g/mol. The maximum atomic E-state index is 4.96. The number of aromatic nitrogens is 1. The lowest BCUT2D eigenvalue weighted by Crippen LogP contribution is -2.06. The molecule has 0 unspecified atom stereocenters. The highest BCUT2D eigenvalue weighted by Gasteiger charge is 1.92.